The zero-order valence-corrected chi connectivity index (χ0v) is 11.8. The summed E-state index contributed by atoms with van der Waals surface area (Å²) < 4.78 is 0. The zero-order chi connectivity index (χ0) is 15.1. The van der Waals surface area contributed by atoms with Gasteiger partial charge in [-0.15, -0.1) is 0 Å². The maximum atomic E-state index is 11.5. The fraction of sp³-hybridized carbons (Fsp3) is 0.133. The van der Waals surface area contributed by atoms with Crippen molar-refractivity contribution in [3.63, 3.8) is 0 Å². The molecule has 5 nitrogen and oxygen atoms in total. The molecule has 1 aromatic carbocycles. The number of benzene rings is 1. The molecule has 1 aliphatic heterocycles. The van der Waals surface area contributed by atoms with Crippen LogP contribution in [0.2, 0.25) is 5.02 Å². The number of hydrogen-bond donors (Lipinski definition) is 2. The van der Waals surface area contributed by atoms with E-state index in [4.69, 9.17) is 11.6 Å². The van der Waals surface area contributed by atoms with Gasteiger partial charge in [-0.1, -0.05) is 11.6 Å². The second-order valence-corrected chi connectivity index (χ2v) is 5.15. The van der Waals surface area contributed by atoms with E-state index in [2.05, 4.69) is 9.98 Å². The smallest absolute Gasteiger partial charge is 0.336 e. The van der Waals surface area contributed by atoms with Crippen molar-refractivity contribution in [1.82, 2.24) is 4.98 Å². The summed E-state index contributed by atoms with van der Waals surface area (Å²) in [7, 11) is 0. The van der Waals surface area contributed by atoms with Crippen LogP contribution in [0.5, 0.6) is 5.75 Å². The third-order valence-electron chi connectivity index (χ3n) is 3.38. The molecule has 0 aliphatic carbocycles. The molecule has 1 aliphatic rings. The molecule has 3 rings (SSSR count). The lowest BCUT2D eigenvalue weighted by atomic mass is 10.0. The van der Waals surface area contributed by atoms with E-state index in [-0.39, 0.29) is 11.3 Å². The van der Waals surface area contributed by atoms with Gasteiger partial charge in [-0.3, -0.25) is 9.98 Å². The summed E-state index contributed by atoms with van der Waals surface area (Å²) in [6.45, 7) is 2.14. The van der Waals surface area contributed by atoms with Crippen LogP contribution in [0.15, 0.2) is 29.3 Å². The number of aromatic carboxylic acids is 1. The minimum atomic E-state index is -1.03. The first kappa shape index (κ1) is 13.6. The largest absolute Gasteiger partial charge is 0.508 e. The van der Waals surface area contributed by atoms with Crippen molar-refractivity contribution in [2.24, 2.45) is 4.99 Å². The Labute approximate surface area is 125 Å². The number of phenolic OH excluding ortho intramolecular Hbond substituents is 1. The average molecular weight is 303 g/mol. The molecular weight excluding hydrogens is 292 g/mol. The minimum Gasteiger partial charge on any atom is -0.508 e. The van der Waals surface area contributed by atoms with E-state index in [1.54, 1.807) is 13.0 Å². The number of hydrogen-bond acceptors (Lipinski definition) is 4. The fourth-order valence-corrected chi connectivity index (χ4v) is 2.68. The van der Waals surface area contributed by atoms with Crippen LogP contribution >= 0.6 is 11.6 Å². The molecule has 21 heavy (non-hydrogen) atoms. The molecule has 0 atom stereocenters. The van der Waals surface area contributed by atoms with Crippen LogP contribution in [0.25, 0.3) is 11.3 Å². The van der Waals surface area contributed by atoms with Crippen LogP contribution < -0.4 is 0 Å². The summed E-state index contributed by atoms with van der Waals surface area (Å²) in [6.07, 6.45) is 0. The van der Waals surface area contributed by atoms with E-state index in [1.807, 2.05) is 0 Å². The molecule has 0 saturated heterocycles. The Morgan fingerprint density at radius 3 is 2.76 bits per heavy atom. The summed E-state index contributed by atoms with van der Waals surface area (Å²) >= 11 is 6.10. The second kappa shape index (κ2) is 4.86. The minimum absolute atomic E-state index is 0.0440. The molecule has 0 radical (unpaired) electrons. The molecule has 0 saturated carbocycles. The average Bonchev–Trinajstić information content (AvgIpc) is 2.79. The summed E-state index contributed by atoms with van der Waals surface area (Å²) in [5, 5.41) is 19.1. The van der Waals surface area contributed by atoms with Crippen LogP contribution in [0.3, 0.4) is 0 Å². The normalized spacial score (nSPS) is 13.0. The summed E-state index contributed by atoms with van der Waals surface area (Å²) in [5.41, 5.74) is 3.09. The lowest BCUT2D eigenvalue weighted by Gasteiger charge is -2.10. The molecule has 2 heterocycles. The monoisotopic (exact) mass is 302 g/mol. The highest BCUT2D eigenvalue weighted by atomic mass is 35.5. The number of nitrogens with zero attached hydrogens (tertiary/aromatic N) is 2. The third kappa shape index (κ3) is 2.25. The lowest BCUT2D eigenvalue weighted by Crippen LogP contribution is -2.09. The van der Waals surface area contributed by atoms with Gasteiger partial charge in [0.15, 0.2) is 0 Å². The third-order valence-corrected chi connectivity index (χ3v) is 3.69. The van der Waals surface area contributed by atoms with Gasteiger partial charge in [0.05, 0.1) is 28.5 Å². The Morgan fingerprint density at radius 2 is 2.10 bits per heavy atom. The highest BCUT2D eigenvalue weighted by Crippen LogP contribution is 2.32. The van der Waals surface area contributed by atoms with Crippen LogP contribution in [-0.2, 0) is 6.54 Å². The molecule has 0 unspecified atom stereocenters. The number of halogens is 1. The van der Waals surface area contributed by atoms with Gasteiger partial charge in [0.1, 0.15) is 5.75 Å². The van der Waals surface area contributed by atoms with E-state index >= 15 is 0 Å². The summed E-state index contributed by atoms with van der Waals surface area (Å²) in [5.74, 6) is -0.983. The van der Waals surface area contributed by atoms with Crippen LogP contribution in [0.1, 0.15) is 28.5 Å². The van der Waals surface area contributed by atoms with Crippen molar-refractivity contribution in [2.45, 2.75) is 13.5 Å². The van der Waals surface area contributed by atoms with Crippen molar-refractivity contribution in [1.29, 1.82) is 0 Å². The van der Waals surface area contributed by atoms with Gasteiger partial charge >= 0.3 is 5.97 Å². The number of phenols is 1. The van der Waals surface area contributed by atoms with Crippen molar-refractivity contribution in [2.75, 3.05) is 0 Å². The SMILES string of the molecule is CC1=NCc2nc(-c3ccc(O)cc3Cl)cc(C(=O)O)c21. The van der Waals surface area contributed by atoms with Crippen molar-refractivity contribution in [3.8, 4) is 17.0 Å². The van der Waals surface area contributed by atoms with Gasteiger partial charge in [0.25, 0.3) is 0 Å². The molecule has 0 amide bonds. The molecule has 0 bridgehead atoms. The number of aromatic hydroxyl groups is 1. The number of pyridine rings is 1. The predicted molar refractivity (Wildman–Crippen MR) is 79.2 cm³/mol. The van der Waals surface area contributed by atoms with Gasteiger partial charge in [-0.2, -0.15) is 0 Å². The lowest BCUT2D eigenvalue weighted by molar-refractivity contribution is 0.0696. The van der Waals surface area contributed by atoms with E-state index in [0.29, 0.717) is 39.8 Å². The van der Waals surface area contributed by atoms with E-state index in [1.165, 1.54) is 18.2 Å². The number of carboxylic acids is 1. The van der Waals surface area contributed by atoms with Gasteiger partial charge < -0.3 is 10.2 Å². The summed E-state index contributed by atoms with van der Waals surface area (Å²) in [4.78, 5) is 20.2. The topological polar surface area (TPSA) is 82.8 Å². The van der Waals surface area contributed by atoms with Crippen LogP contribution in [-0.4, -0.2) is 26.9 Å². The molecule has 2 N–H and O–H groups in total. The molecule has 2 aromatic rings. The number of rotatable bonds is 2. The summed E-state index contributed by atoms with van der Waals surface area (Å²) in [6, 6.07) is 5.98. The molecule has 0 fully saturated rings. The van der Waals surface area contributed by atoms with Crippen molar-refractivity contribution in [3.05, 3.63) is 46.1 Å². The highest BCUT2D eigenvalue weighted by Gasteiger charge is 2.24. The molecule has 106 valence electrons. The predicted octanol–water partition coefficient (Wildman–Crippen LogP) is 3.13. The number of aromatic nitrogens is 1. The Bertz CT molecular complexity index is 800. The zero-order valence-electron chi connectivity index (χ0n) is 11.1. The Hall–Kier alpha value is -2.40. The van der Waals surface area contributed by atoms with Gasteiger partial charge in [0, 0.05) is 16.8 Å². The van der Waals surface area contributed by atoms with Crippen LogP contribution in [0, 0.1) is 0 Å². The molecule has 1 aromatic heterocycles. The number of fused-ring (bicyclic) bond motifs is 1. The second-order valence-electron chi connectivity index (χ2n) is 4.75. The van der Waals surface area contributed by atoms with Crippen molar-refractivity contribution < 1.29 is 15.0 Å². The highest BCUT2D eigenvalue weighted by molar-refractivity contribution is 6.33. The molecule has 0 spiro atoms. The first-order valence-electron chi connectivity index (χ1n) is 6.25. The van der Waals surface area contributed by atoms with Gasteiger partial charge in [-0.25, -0.2) is 4.79 Å². The maximum Gasteiger partial charge on any atom is 0.336 e. The number of carbonyl (C=O) groups is 1. The number of carboxylic acid groups (broad SMARTS) is 1. The van der Waals surface area contributed by atoms with Gasteiger partial charge in [0.2, 0.25) is 0 Å². The standard InChI is InChI=1S/C15H11ClN2O3/c1-7-14-10(15(20)21)5-12(18-13(14)6-17-7)9-3-2-8(19)4-11(9)16/h2-5,19H,6H2,1H3,(H,20,21). The van der Waals surface area contributed by atoms with E-state index in [9.17, 15) is 15.0 Å². The first-order chi connectivity index (χ1) is 9.97. The maximum absolute atomic E-state index is 11.5. The Morgan fingerprint density at radius 1 is 1.33 bits per heavy atom. The Kier molecular flexibility index (Phi) is 3.14. The molecular formula is C15H11ClN2O3. The van der Waals surface area contributed by atoms with Crippen molar-refractivity contribution >= 4 is 23.3 Å². The molecule has 6 heteroatoms. The first-order valence-corrected chi connectivity index (χ1v) is 6.62. The number of aliphatic imine (C=N–C) groups is 1. The van der Waals surface area contributed by atoms with Crippen LogP contribution in [0.4, 0.5) is 0 Å². The fourth-order valence-electron chi connectivity index (χ4n) is 2.41. The Balaban J connectivity index is 2.23. The van der Waals surface area contributed by atoms with E-state index in [0.717, 1.165) is 0 Å². The van der Waals surface area contributed by atoms with E-state index < -0.39 is 5.97 Å². The quantitative estimate of drug-likeness (QED) is 0.893. The van der Waals surface area contributed by atoms with Gasteiger partial charge in [-0.05, 0) is 31.2 Å².